The van der Waals surface area contributed by atoms with E-state index in [0.29, 0.717) is 12.5 Å². The van der Waals surface area contributed by atoms with E-state index in [0.717, 1.165) is 18.5 Å². The van der Waals surface area contributed by atoms with E-state index >= 15 is 0 Å². The molecule has 0 bridgehead atoms. The fraction of sp³-hybridized carbons (Fsp3) is 0.462. The molecular weight excluding hydrogens is 259 g/mol. The Morgan fingerprint density at radius 1 is 1.40 bits per heavy atom. The number of fused-ring (bicyclic) bond motifs is 1. The van der Waals surface area contributed by atoms with E-state index in [1.165, 1.54) is 23.9 Å². The first kappa shape index (κ1) is 12.8. The lowest BCUT2D eigenvalue weighted by Gasteiger charge is -2.13. The molecule has 0 atom stereocenters. The molecule has 1 aliphatic carbocycles. The molecule has 2 aromatic rings. The molecule has 2 N–H and O–H groups in total. The second kappa shape index (κ2) is 5.07. The molecule has 0 unspecified atom stereocenters. The van der Waals surface area contributed by atoms with Crippen LogP contribution >= 0.6 is 0 Å². The van der Waals surface area contributed by atoms with Gasteiger partial charge in [-0.3, -0.25) is 5.10 Å². The minimum atomic E-state index is -0.429. The summed E-state index contributed by atoms with van der Waals surface area (Å²) in [5.74, 6) is 0.251. The molecule has 7 heteroatoms. The molecule has 0 spiro atoms. The van der Waals surface area contributed by atoms with Gasteiger partial charge in [0, 0.05) is 19.8 Å². The smallest absolute Gasteiger partial charge is 0.225 e. The van der Waals surface area contributed by atoms with Gasteiger partial charge in [-0.15, -0.1) is 0 Å². The van der Waals surface area contributed by atoms with Gasteiger partial charge in [0.05, 0.1) is 18.4 Å². The van der Waals surface area contributed by atoms with Crippen molar-refractivity contribution in [3.63, 3.8) is 0 Å². The molecule has 0 fully saturated rings. The monoisotopic (exact) mass is 276 g/mol. The first-order valence-corrected chi connectivity index (χ1v) is 6.64. The van der Waals surface area contributed by atoms with Crippen LogP contribution < -0.4 is 10.2 Å². The van der Waals surface area contributed by atoms with Crippen molar-refractivity contribution >= 4 is 11.8 Å². The highest BCUT2D eigenvalue weighted by Gasteiger charge is 2.18. The van der Waals surface area contributed by atoms with Crippen molar-refractivity contribution in [2.45, 2.75) is 25.8 Å². The maximum atomic E-state index is 13.5. The van der Waals surface area contributed by atoms with Crippen LogP contribution in [0.2, 0.25) is 0 Å². The summed E-state index contributed by atoms with van der Waals surface area (Å²) in [5, 5.41) is 10.5. The van der Waals surface area contributed by atoms with Crippen molar-refractivity contribution < 1.29 is 4.39 Å². The third-order valence-corrected chi connectivity index (χ3v) is 3.46. The average Bonchev–Trinajstić information content (AvgIpc) is 3.01. The summed E-state index contributed by atoms with van der Waals surface area (Å²) in [7, 11) is 3.49. The van der Waals surface area contributed by atoms with Crippen LogP contribution in [0.4, 0.5) is 16.2 Å². The SMILES string of the molecule is CN(C)c1nc(NCc2n[nH]c3c2CCC3)ncc1F. The van der Waals surface area contributed by atoms with E-state index in [1.54, 1.807) is 19.0 Å². The van der Waals surface area contributed by atoms with E-state index in [9.17, 15) is 4.39 Å². The topological polar surface area (TPSA) is 69.7 Å². The number of hydrogen-bond donors (Lipinski definition) is 2. The Kier molecular flexibility index (Phi) is 3.25. The van der Waals surface area contributed by atoms with Crippen molar-refractivity contribution in [1.29, 1.82) is 0 Å². The van der Waals surface area contributed by atoms with Crippen molar-refractivity contribution in [2.24, 2.45) is 0 Å². The average molecular weight is 276 g/mol. The molecule has 0 saturated heterocycles. The largest absolute Gasteiger partial charge is 0.360 e. The van der Waals surface area contributed by atoms with Gasteiger partial charge < -0.3 is 10.2 Å². The Bertz CT molecular complexity index is 621. The maximum absolute atomic E-state index is 13.5. The minimum Gasteiger partial charge on any atom is -0.360 e. The summed E-state index contributed by atoms with van der Waals surface area (Å²) in [6.07, 6.45) is 4.49. The molecule has 1 aliphatic rings. The van der Waals surface area contributed by atoms with E-state index in [2.05, 4.69) is 25.5 Å². The van der Waals surface area contributed by atoms with Crippen LogP contribution in [0.3, 0.4) is 0 Å². The van der Waals surface area contributed by atoms with E-state index in [4.69, 9.17) is 0 Å². The summed E-state index contributed by atoms with van der Waals surface area (Å²) < 4.78 is 13.5. The summed E-state index contributed by atoms with van der Waals surface area (Å²) in [6.45, 7) is 0.546. The van der Waals surface area contributed by atoms with Crippen LogP contribution in [0.15, 0.2) is 6.20 Å². The highest BCUT2D eigenvalue weighted by molar-refractivity contribution is 5.43. The number of halogens is 1. The first-order chi connectivity index (χ1) is 9.65. The fourth-order valence-corrected chi connectivity index (χ4v) is 2.45. The predicted molar refractivity (Wildman–Crippen MR) is 74.3 cm³/mol. The number of H-pyrrole nitrogens is 1. The van der Waals surface area contributed by atoms with Crippen LogP contribution in [-0.4, -0.2) is 34.3 Å². The Labute approximate surface area is 116 Å². The minimum absolute atomic E-state index is 0.273. The number of nitrogens with one attached hydrogen (secondary N) is 2. The third-order valence-electron chi connectivity index (χ3n) is 3.46. The first-order valence-electron chi connectivity index (χ1n) is 6.64. The van der Waals surface area contributed by atoms with Gasteiger partial charge >= 0.3 is 0 Å². The molecule has 0 aliphatic heterocycles. The lowest BCUT2D eigenvalue weighted by molar-refractivity contribution is 0.612. The predicted octanol–water partition coefficient (Wildman–Crippen LogP) is 1.51. The van der Waals surface area contributed by atoms with Gasteiger partial charge in [0.1, 0.15) is 0 Å². The number of hydrogen-bond acceptors (Lipinski definition) is 5. The molecular formula is C13H17FN6. The van der Waals surface area contributed by atoms with Crippen LogP contribution in [0.5, 0.6) is 0 Å². The van der Waals surface area contributed by atoms with Gasteiger partial charge in [0.25, 0.3) is 0 Å². The molecule has 0 saturated carbocycles. The fourth-order valence-electron chi connectivity index (χ4n) is 2.45. The number of aromatic nitrogens is 4. The summed E-state index contributed by atoms with van der Waals surface area (Å²) in [5.41, 5.74) is 3.53. The zero-order valence-electron chi connectivity index (χ0n) is 11.6. The molecule has 0 aromatic carbocycles. The second-order valence-electron chi connectivity index (χ2n) is 5.09. The van der Waals surface area contributed by atoms with Crippen LogP contribution in [-0.2, 0) is 19.4 Å². The molecule has 6 nitrogen and oxygen atoms in total. The molecule has 106 valence electrons. The van der Waals surface area contributed by atoms with Gasteiger partial charge in [-0.25, -0.2) is 9.37 Å². The van der Waals surface area contributed by atoms with Crippen molar-refractivity contribution in [3.05, 3.63) is 29.0 Å². The quantitative estimate of drug-likeness (QED) is 0.885. The highest BCUT2D eigenvalue weighted by Crippen LogP contribution is 2.23. The zero-order valence-corrected chi connectivity index (χ0v) is 11.6. The van der Waals surface area contributed by atoms with Crippen LogP contribution in [0.25, 0.3) is 0 Å². The number of aromatic amines is 1. The lowest BCUT2D eigenvalue weighted by atomic mass is 10.2. The molecule has 20 heavy (non-hydrogen) atoms. The molecule has 2 aromatic heterocycles. The number of rotatable bonds is 4. The van der Waals surface area contributed by atoms with Crippen molar-refractivity contribution in [2.75, 3.05) is 24.3 Å². The summed E-state index contributed by atoms with van der Waals surface area (Å²) in [4.78, 5) is 9.73. The van der Waals surface area contributed by atoms with Gasteiger partial charge in [-0.05, 0) is 24.8 Å². The highest BCUT2D eigenvalue weighted by atomic mass is 19.1. The van der Waals surface area contributed by atoms with Gasteiger partial charge in [0.2, 0.25) is 5.95 Å². The molecule has 0 radical (unpaired) electrons. The Morgan fingerprint density at radius 3 is 3.05 bits per heavy atom. The number of aryl methyl sites for hydroxylation is 1. The normalized spacial score (nSPS) is 13.3. The van der Waals surface area contributed by atoms with Crippen LogP contribution in [0.1, 0.15) is 23.4 Å². The Balaban J connectivity index is 1.73. The van der Waals surface area contributed by atoms with Gasteiger partial charge in [-0.2, -0.15) is 10.1 Å². The van der Waals surface area contributed by atoms with Gasteiger partial charge in [0.15, 0.2) is 11.6 Å². The number of nitrogens with zero attached hydrogens (tertiary/aromatic N) is 4. The lowest BCUT2D eigenvalue weighted by Crippen LogP contribution is -2.15. The van der Waals surface area contributed by atoms with Crippen LogP contribution in [0, 0.1) is 5.82 Å². The standard InChI is InChI=1S/C13H17FN6/c1-20(2)12-9(14)6-15-13(17-12)16-7-11-8-4-3-5-10(8)18-19-11/h6H,3-5,7H2,1-2H3,(H,18,19)(H,15,16,17). The Hall–Kier alpha value is -2.18. The summed E-state index contributed by atoms with van der Waals surface area (Å²) >= 11 is 0. The second-order valence-corrected chi connectivity index (χ2v) is 5.09. The third kappa shape index (κ3) is 2.31. The zero-order chi connectivity index (χ0) is 14.1. The number of anilines is 2. The van der Waals surface area contributed by atoms with E-state index in [1.807, 2.05) is 0 Å². The van der Waals surface area contributed by atoms with E-state index < -0.39 is 5.82 Å². The molecule has 2 heterocycles. The van der Waals surface area contributed by atoms with E-state index in [-0.39, 0.29) is 5.82 Å². The molecule has 0 amide bonds. The van der Waals surface area contributed by atoms with Crippen molar-refractivity contribution in [3.8, 4) is 0 Å². The van der Waals surface area contributed by atoms with Crippen molar-refractivity contribution in [1.82, 2.24) is 20.2 Å². The summed E-state index contributed by atoms with van der Waals surface area (Å²) in [6, 6.07) is 0. The van der Waals surface area contributed by atoms with Gasteiger partial charge in [-0.1, -0.05) is 0 Å². The maximum Gasteiger partial charge on any atom is 0.225 e. The Morgan fingerprint density at radius 2 is 2.25 bits per heavy atom. The molecule has 3 rings (SSSR count).